The van der Waals surface area contributed by atoms with E-state index in [1.165, 1.54) is 31.5 Å². The minimum atomic E-state index is -0.629. The number of rotatable bonds is 5. The van der Waals surface area contributed by atoms with Gasteiger partial charge >= 0.3 is 6.03 Å². The lowest BCUT2D eigenvalue weighted by Crippen LogP contribution is -2.20. The van der Waals surface area contributed by atoms with Gasteiger partial charge in [-0.25, -0.2) is 14.8 Å². The van der Waals surface area contributed by atoms with E-state index in [0.717, 1.165) is 0 Å². The van der Waals surface area contributed by atoms with Crippen molar-refractivity contribution in [2.75, 3.05) is 17.7 Å². The molecule has 2 N–H and O–H groups in total. The van der Waals surface area contributed by atoms with E-state index in [0.29, 0.717) is 17.3 Å². The maximum atomic E-state index is 12.1. The van der Waals surface area contributed by atoms with Gasteiger partial charge in [0.05, 0.1) is 30.0 Å². The Morgan fingerprint density at radius 2 is 2.12 bits per heavy atom. The smallest absolute Gasteiger partial charge is 0.323 e. The summed E-state index contributed by atoms with van der Waals surface area (Å²) in [6.07, 6.45) is 6.44. The third kappa shape index (κ3) is 3.75. The number of ether oxygens (including phenoxy) is 1. The SMILES string of the molecule is COc1ccc(NC(=O)Nc2ccc(-n3ccnc3)nc2)c([N+](=O)[O-])c1. The van der Waals surface area contributed by atoms with Crippen molar-refractivity contribution < 1.29 is 14.5 Å². The predicted molar refractivity (Wildman–Crippen MR) is 93.6 cm³/mol. The maximum absolute atomic E-state index is 12.1. The molecule has 2 aromatic heterocycles. The fourth-order valence-corrected chi connectivity index (χ4v) is 2.19. The zero-order valence-corrected chi connectivity index (χ0v) is 13.6. The van der Waals surface area contributed by atoms with Crippen LogP contribution in [0.25, 0.3) is 5.82 Å². The van der Waals surface area contributed by atoms with Crippen molar-refractivity contribution in [2.24, 2.45) is 0 Å². The number of amides is 2. The highest BCUT2D eigenvalue weighted by atomic mass is 16.6. The molecule has 0 aliphatic carbocycles. The molecule has 0 radical (unpaired) electrons. The number of nitro benzene ring substituents is 1. The molecule has 0 unspecified atom stereocenters. The second kappa shape index (κ2) is 7.30. The Balaban J connectivity index is 1.70. The van der Waals surface area contributed by atoms with E-state index < -0.39 is 11.0 Å². The molecule has 3 aromatic rings. The second-order valence-electron chi connectivity index (χ2n) is 5.09. The number of nitro groups is 1. The summed E-state index contributed by atoms with van der Waals surface area (Å²) in [6, 6.07) is 6.88. The fraction of sp³-hybridized carbons (Fsp3) is 0.0625. The van der Waals surface area contributed by atoms with Gasteiger partial charge in [0, 0.05) is 12.4 Å². The van der Waals surface area contributed by atoms with Crippen molar-refractivity contribution in [1.82, 2.24) is 14.5 Å². The van der Waals surface area contributed by atoms with Crippen molar-refractivity contribution >= 4 is 23.1 Å². The Morgan fingerprint density at radius 3 is 2.73 bits per heavy atom. The summed E-state index contributed by atoms with van der Waals surface area (Å²) < 4.78 is 6.67. The largest absolute Gasteiger partial charge is 0.496 e. The lowest BCUT2D eigenvalue weighted by Gasteiger charge is -2.09. The first-order valence-electron chi connectivity index (χ1n) is 7.41. The highest BCUT2D eigenvalue weighted by Crippen LogP contribution is 2.29. The van der Waals surface area contributed by atoms with Gasteiger partial charge in [0.1, 0.15) is 23.6 Å². The topological polar surface area (TPSA) is 124 Å². The van der Waals surface area contributed by atoms with E-state index in [4.69, 9.17) is 4.74 Å². The van der Waals surface area contributed by atoms with Crippen molar-refractivity contribution in [3.05, 3.63) is 65.4 Å². The number of benzene rings is 1. The number of anilines is 2. The van der Waals surface area contributed by atoms with Crippen LogP contribution in [0.4, 0.5) is 21.9 Å². The lowest BCUT2D eigenvalue weighted by atomic mass is 10.2. The number of carbonyl (C=O) groups excluding carboxylic acids is 1. The van der Waals surface area contributed by atoms with Crippen LogP contribution in [0, 0.1) is 10.1 Å². The minimum Gasteiger partial charge on any atom is -0.496 e. The molecule has 0 bridgehead atoms. The van der Waals surface area contributed by atoms with E-state index in [9.17, 15) is 14.9 Å². The molecule has 10 nitrogen and oxygen atoms in total. The predicted octanol–water partition coefficient (Wildman–Crippen LogP) is 2.83. The quantitative estimate of drug-likeness (QED) is 0.536. The third-order valence-electron chi connectivity index (χ3n) is 3.42. The van der Waals surface area contributed by atoms with Crippen molar-refractivity contribution in [2.45, 2.75) is 0 Å². The van der Waals surface area contributed by atoms with Crippen molar-refractivity contribution in [3.63, 3.8) is 0 Å². The molecule has 3 rings (SSSR count). The average Bonchev–Trinajstić information content (AvgIpc) is 3.17. The van der Waals surface area contributed by atoms with Gasteiger partial charge in [-0.15, -0.1) is 0 Å². The van der Waals surface area contributed by atoms with E-state index in [-0.39, 0.29) is 11.4 Å². The van der Waals surface area contributed by atoms with E-state index >= 15 is 0 Å². The number of urea groups is 1. The molecule has 2 heterocycles. The average molecular weight is 354 g/mol. The summed E-state index contributed by atoms with van der Waals surface area (Å²) in [4.78, 5) is 30.8. The highest BCUT2D eigenvalue weighted by molar-refractivity contribution is 6.01. The van der Waals surface area contributed by atoms with Crippen LogP contribution in [0.3, 0.4) is 0 Å². The summed E-state index contributed by atoms with van der Waals surface area (Å²) in [7, 11) is 1.40. The molecule has 0 aliphatic heterocycles. The molecule has 132 valence electrons. The third-order valence-corrected chi connectivity index (χ3v) is 3.42. The van der Waals surface area contributed by atoms with Crippen LogP contribution in [0.1, 0.15) is 0 Å². The number of nitrogens with one attached hydrogen (secondary N) is 2. The molecular weight excluding hydrogens is 340 g/mol. The number of pyridine rings is 1. The van der Waals surface area contributed by atoms with Crippen LogP contribution in [0.2, 0.25) is 0 Å². The first-order valence-corrected chi connectivity index (χ1v) is 7.41. The van der Waals surface area contributed by atoms with Gasteiger partial charge in [0.25, 0.3) is 5.69 Å². The molecule has 0 aliphatic rings. The summed E-state index contributed by atoms with van der Waals surface area (Å²) >= 11 is 0. The molecule has 0 fully saturated rings. The molecule has 1 aromatic carbocycles. The Bertz CT molecular complexity index is 924. The standard InChI is InChI=1S/C16H14N6O4/c1-26-12-3-4-13(14(8-12)22(24)25)20-16(23)19-11-2-5-15(18-9-11)21-7-6-17-10-21/h2-10H,1H3,(H2,19,20,23). The zero-order valence-electron chi connectivity index (χ0n) is 13.6. The van der Waals surface area contributed by atoms with E-state index in [1.54, 1.807) is 35.4 Å². The van der Waals surface area contributed by atoms with Gasteiger partial charge in [-0.3, -0.25) is 14.7 Å². The Morgan fingerprint density at radius 1 is 1.27 bits per heavy atom. The Kier molecular flexibility index (Phi) is 4.74. The number of imidazole rings is 1. The summed E-state index contributed by atoms with van der Waals surface area (Å²) in [6.45, 7) is 0. The van der Waals surface area contributed by atoms with Crippen LogP contribution in [-0.2, 0) is 0 Å². The number of aromatic nitrogens is 3. The molecule has 0 saturated heterocycles. The van der Waals surface area contributed by atoms with Gasteiger partial charge in [0.15, 0.2) is 0 Å². The molecule has 0 atom stereocenters. The van der Waals surface area contributed by atoms with Gasteiger partial charge in [-0.2, -0.15) is 0 Å². The zero-order chi connectivity index (χ0) is 18.5. The van der Waals surface area contributed by atoms with E-state index in [2.05, 4.69) is 20.6 Å². The lowest BCUT2D eigenvalue weighted by molar-refractivity contribution is -0.384. The first kappa shape index (κ1) is 16.9. The van der Waals surface area contributed by atoms with Gasteiger partial charge < -0.3 is 15.4 Å². The van der Waals surface area contributed by atoms with Crippen LogP contribution >= 0.6 is 0 Å². The molecule has 10 heteroatoms. The summed E-state index contributed by atoms with van der Waals surface area (Å²) in [5, 5.41) is 16.2. The molecule has 2 amide bonds. The Labute approximate surface area is 147 Å². The fourth-order valence-electron chi connectivity index (χ4n) is 2.19. The van der Waals surface area contributed by atoms with Crippen molar-refractivity contribution in [3.8, 4) is 11.6 Å². The van der Waals surface area contributed by atoms with Crippen LogP contribution in [-0.4, -0.2) is 32.6 Å². The van der Waals surface area contributed by atoms with E-state index in [1.807, 2.05) is 0 Å². The summed E-state index contributed by atoms with van der Waals surface area (Å²) in [5.41, 5.74) is 0.215. The van der Waals surface area contributed by atoms with Crippen molar-refractivity contribution in [1.29, 1.82) is 0 Å². The Hall–Kier alpha value is -3.95. The maximum Gasteiger partial charge on any atom is 0.323 e. The number of hydrogen-bond donors (Lipinski definition) is 2. The van der Waals surface area contributed by atoms with Gasteiger partial charge in [-0.05, 0) is 24.3 Å². The van der Waals surface area contributed by atoms with Crippen LogP contribution < -0.4 is 15.4 Å². The number of methoxy groups -OCH3 is 1. The summed E-state index contributed by atoms with van der Waals surface area (Å²) in [5.74, 6) is 0.959. The minimum absolute atomic E-state index is 0.0521. The monoisotopic (exact) mass is 354 g/mol. The molecule has 0 spiro atoms. The first-order chi connectivity index (χ1) is 12.6. The van der Waals surface area contributed by atoms with Crippen LogP contribution in [0.15, 0.2) is 55.2 Å². The molecular formula is C16H14N6O4. The van der Waals surface area contributed by atoms with Crippen LogP contribution in [0.5, 0.6) is 5.75 Å². The second-order valence-corrected chi connectivity index (χ2v) is 5.09. The molecule has 26 heavy (non-hydrogen) atoms. The van der Waals surface area contributed by atoms with Gasteiger partial charge in [0.2, 0.25) is 0 Å². The molecule has 0 saturated carbocycles. The number of nitrogens with zero attached hydrogens (tertiary/aromatic N) is 4. The number of carbonyl (C=O) groups is 1. The van der Waals surface area contributed by atoms with Gasteiger partial charge in [-0.1, -0.05) is 0 Å². The number of hydrogen-bond acceptors (Lipinski definition) is 6. The normalized spacial score (nSPS) is 10.2. The highest BCUT2D eigenvalue weighted by Gasteiger charge is 2.17.